The highest BCUT2D eigenvalue weighted by Gasteiger charge is 2.19. The minimum atomic E-state index is -1.08. The smallest absolute Gasteiger partial charge is 0.335 e. The molecule has 7 heteroatoms. The van der Waals surface area contributed by atoms with E-state index in [4.69, 9.17) is 9.84 Å². The van der Waals surface area contributed by atoms with Gasteiger partial charge in [-0.2, -0.15) is 0 Å². The molecule has 2 aromatic carbocycles. The Hall–Kier alpha value is -3.22. The van der Waals surface area contributed by atoms with Gasteiger partial charge >= 0.3 is 11.9 Å². The van der Waals surface area contributed by atoms with Crippen molar-refractivity contribution in [1.82, 2.24) is 0 Å². The standard InChI is InChI=1S/C27H35NO6/c1-2-3-4-5-6-7-8-9-17-34-24-15-13-22(18-20(24)14-16-25(29)30)26(28-33)21-11-10-12-23(19-21)27(31)32/h10-13,15,18-19,26H,2-9,14,16-17H2,1H3,(H,29,30)(H,31,32). The van der Waals surface area contributed by atoms with E-state index in [2.05, 4.69) is 12.1 Å². The van der Waals surface area contributed by atoms with E-state index in [1.807, 2.05) is 0 Å². The van der Waals surface area contributed by atoms with Crippen molar-refractivity contribution in [1.29, 1.82) is 0 Å². The summed E-state index contributed by atoms with van der Waals surface area (Å²) in [4.78, 5) is 34.1. The molecular weight excluding hydrogens is 434 g/mol. The SMILES string of the molecule is CCCCCCCCCCOc1ccc(C(N=O)c2cccc(C(=O)O)c2)cc1CCC(=O)O. The molecule has 184 valence electrons. The summed E-state index contributed by atoms with van der Waals surface area (Å²) in [6.07, 6.45) is 9.74. The largest absolute Gasteiger partial charge is 0.493 e. The first-order chi connectivity index (χ1) is 16.5. The van der Waals surface area contributed by atoms with Gasteiger partial charge in [0.2, 0.25) is 0 Å². The van der Waals surface area contributed by atoms with Gasteiger partial charge in [0.15, 0.2) is 0 Å². The lowest BCUT2D eigenvalue weighted by Crippen LogP contribution is -2.06. The minimum absolute atomic E-state index is 0.0642. The number of rotatable bonds is 17. The van der Waals surface area contributed by atoms with Crippen LogP contribution in [-0.4, -0.2) is 28.8 Å². The van der Waals surface area contributed by atoms with Crippen molar-refractivity contribution in [3.05, 3.63) is 69.6 Å². The summed E-state index contributed by atoms with van der Waals surface area (Å²) in [7, 11) is 0. The molecule has 0 aromatic heterocycles. The highest BCUT2D eigenvalue weighted by molar-refractivity contribution is 5.87. The maximum atomic E-state index is 11.7. The predicted molar refractivity (Wildman–Crippen MR) is 132 cm³/mol. The van der Waals surface area contributed by atoms with Gasteiger partial charge in [-0.15, -0.1) is 4.91 Å². The van der Waals surface area contributed by atoms with Crippen LogP contribution in [0.25, 0.3) is 0 Å². The number of aliphatic carboxylic acids is 1. The van der Waals surface area contributed by atoms with E-state index < -0.39 is 18.0 Å². The Bertz CT molecular complexity index is 942. The van der Waals surface area contributed by atoms with Crippen molar-refractivity contribution in [2.45, 2.75) is 77.2 Å². The molecule has 0 amide bonds. The molecule has 2 rings (SSSR count). The Morgan fingerprint density at radius 2 is 1.59 bits per heavy atom. The fraction of sp³-hybridized carbons (Fsp3) is 0.481. The average Bonchev–Trinajstić information content (AvgIpc) is 2.83. The van der Waals surface area contributed by atoms with E-state index in [1.54, 1.807) is 30.3 Å². The lowest BCUT2D eigenvalue weighted by molar-refractivity contribution is -0.136. The summed E-state index contributed by atoms with van der Waals surface area (Å²) < 4.78 is 5.96. The van der Waals surface area contributed by atoms with E-state index in [-0.39, 0.29) is 18.4 Å². The minimum Gasteiger partial charge on any atom is -0.493 e. The van der Waals surface area contributed by atoms with Crippen LogP contribution in [0.3, 0.4) is 0 Å². The van der Waals surface area contributed by atoms with Gasteiger partial charge in [0.25, 0.3) is 0 Å². The third-order valence-corrected chi connectivity index (χ3v) is 5.82. The number of aromatic carboxylic acids is 1. The molecule has 0 aliphatic carbocycles. The lowest BCUT2D eigenvalue weighted by Gasteiger charge is -2.16. The Kier molecular flexibility index (Phi) is 11.8. The van der Waals surface area contributed by atoms with E-state index in [0.717, 1.165) is 12.8 Å². The first-order valence-electron chi connectivity index (χ1n) is 12.1. The monoisotopic (exact) mass is 469 g/mol. The molecule has 0 radical (unpaired) electrons. The Morgan fingerprint density at radius 1 is 0.912 bits per heavy atom. The van der Waals surface area contributed by atoms with Gasteiger partial charge in [0.1, 0.15) is 11.8 Å². The van der Waals surface area contributed by atoms with Crippen LogP contribution < -0.4 is 4.74 Å². The fourth-order valence-electron chi connectivity index (χ4n) is 3.92. The summed E-state index contributed by atoms with van der Waals surface area (Å²) in [5, 5.41) is 21.6. The highest BCUT2D eigenvalue weighted by Crippen LogP contribution is 2.31. The average molecular weight is 470 g/mol. The molecule has 0 aliphatic heterocycles. The van der Waals surface area contributed by atoms with Gasteiger partial charge in [-0.05, 0) is 53.8 Å². The first-order valence-corrected chi connectivity index (χ1v) is 12.1. The third-order valence-electron chi connectivity index (χ3n) is 5.82. The van der Waals surface area contributed by atoms with Crippen molar-refractivity contribution in [2.24, 2.45) is 5.18 Å². The summed E-state index contributed by atoms with van der Waals surface area (Å²) >= 11 is 0. The van der Waals surface area contributed by atoms with E-state index in [1.165, 1.54) is 50.7 Å². The van der Waals surface area contributed by atoms with Crippen molar-refractivity contribution in [3.63, 3.8) is 0 Å². The first kappa shape index (κ1) is 27.0. The molecule has 0 bridgehead atoms. The molecule has 0 aliphatic rings. The molecule has 1 unspecified atom stereocenters. The zero-order valence-electron chi connectivity index (χ0n) is 19.9. The van der Waals surface area contributed by atoms with Crippen LogP contribution >= 0.6 is 0 Å². The number of nitroso groups, excluding NO2 is 1. The lowest BCUT2D eigenvalue weighted by atomic mass is 9.95. The topological polar surface area (TPSA) is 113 Å². The summed E-state index contributed by atoms with van der Waals surface area (Å²) in [6, 6.07) is 10.4. The number of aryl methyl sites for hydroxylation is 1. The zero-order chi connectivity index (χ0) is 24.8. The van der Waals surface area contributed by atoms with Gasteiger partial charge in [-0.1, -0.05) is 75.2 Å². The Balaban J connectivity index is 2.07. The number of hydrogen-bond acceptors (Lipinski definition) is 5. The number of nitrogens with zero attached hydrogens (tertiary/aromatic N) is 1. The maximum absolute atomic E-state index is 11.7. The summed E-state index contributed by atoms with van der Waals surface area (Å²) in [5.41, 5.74) is 1.80. The Morgan fingerprint density at radius 3 is 2.24 bits per heavy atom. The molecule has 2 aromatic rings. The van der Waals surface area contributed by atoms with Gasteiger partial charge in [-0.25, -0.2) is 4.79 Å². The second kappa shape index (κ2) is 14.8. The van der Waals surface area contributed by atoms with Crippen LogP contribution in [0.5, 0.6) is 5.75 Å². The van der Waals surface area contributed by atoms with E-state index in [0.29, 0.717) is 29.0 Å². The molecule has 0 saturated carbocycles. The van der Waals surface area contributed by atoms with Crippen molar-refractivity contribution < 1.29 is 24.5 Å². The molecule has 0 saturated heterocycles. The van der Waals surface area contributed by atoms with E-state index >= 15 is 0 Å². The summed E-state index contributed by atoms with van der Waals surface area (Å²) in [6.45, 7) is 2.76. The number of carboxylic acids is 2. The van der Waals surface area contributed by atoms with Crippen LogP contribution in [-0.2, 0) is 11.2 Å². The number of carboxylic acid groups (broad SMARTS) is 2. The number of benzene rings is 2. The molecule has 0 fully saturated rings. The van der Waals surface area contributed by atoms with Gasteiger partial charge in [0.05, 0.1) is 12.2 Å². The van der Waals surface area contributed by atoms with Crippen LogP contribution in [0, 0.1) is 4.91 Å². The third kappa shape index (κ3) is 8.96. The van der Waals surface area contributed by atoms with Gasteiger partial charge in [0, 0.05) is 6.42 Å². The van der Waals surface area contributed by atoms with Crippen LogP contribution in [0.1, 0.15) is 97.8 Å². The van der Waals surface area contributed by atoms with Crippen LogP contribution in [0.15, 0.2) is 47.6 Å². The molecule has 7 nitrogen and oxygen atoms in total. The quantitative estimate of drug-likeness (QED) is 0.195. The van der Waals surface area contributed by atoms with Gasteiger partial charge in [-0.3, -0.25) is 4.79 Å². The number of hydrogen-bond donors (Lipinski definition) is 2. The molecule has 2 N–H and O–H groups in total. The Labute approximate surface area is 201 Å². The second-order valence-corrected chi connectivity index (χ2v) is 8.52. The molecule has 0 heterocycles. The second-order valence-electron chi connectivity index (χ2n) is 8.52. The normalized spacial score (nSPS) is 11.7. The van der Waals surface area contributed by atoms with Crippen molar-refractivity contribution >= 4 is 11.9 Å². The predicted octanol–water partition coefficient (Wildman–Crippen LogP) is 6.78. The van der Waals surface area contributed by atoms with Crippen LogP contribution in [0.2, 0.25) is 0 Å². The van der Waals surface area contributed by atoms with E-state index in [9.17, 15) is 19.6 Å². The van der Waals surface area contributed by atoms with Crippen molar-refractivity contribution in [3.8, 4) is 5.75 Å². The zero-order valence-corrected chi connectivity index (χ0v) is 19.9. The number of unbranched alkanes of at least 4 members (excludes halogenated alkanes) is 7. The highest BCUT2D eigenvalue weighted by atomic mass is 16.5. The summed E-state index contributed by atoms with van der Waals surface area (Å²) in [5.74, 6) is -1.39. The van der Waals surface area contributed by atoms with Gasteiger partial charge < -0.3 is 14.9 Å². The fourth-order valence-corrected chi connectivity index (χ4v) is 3.92. The number of ether oxygens (including phenoxy) is 1. The molecule has 1 atom stereocenters. The molecular formula is C27H35NO6. The van der Waals surface area contributed by atoms with Crippen LogP contribution in [0.4, 0.5) is 0 Å². The maximum Gasteiger partial charge on any atom is 0.335 e. The van der Waals surface area contributed by atoms with Crippen molar-refractivity contribution in [2.75, 3.05) is 6.61 Å². The molecule has 0 spiro atoms. The molecule has 34 heavy (non-hydrogen) atoms. The number of carbonyl (C=O) groups is 2.